The maximum atomic E-state index is 2.39. The lowest BCUT2D eigenvalue weighted by Crippen LogP contribution is -2.17. The van der Waals surface area contributed by atoms with Gasteiger partial charge in [-0.15, -0.1) is 0 Å². The molecule has 0 atom stereocenters. The molecule has 0 N–H and O–H groups in total. The summed E-state index contributed by atoms with van der Waals surface area (Å²) in [7, 11) is 0. The number of anilines is 10. The molecule has 0 saturated heterocycles. The molecule has 71 heavy (non-hydrogen) atoms. The minimum Gasteiger partial charge on any atom is -0.315 e. The summed E-state index contributed by atoms with van der Waals surface area (Å²) in [6, 6.07) is 95.8. The van der Waals surface area contributed by atoms with E-state index >= 15 is 0 Å². The minimum absolute atomic E-state index is 0.823. The first-order valence-corrected chi connectivity index (χ1v) is 24.5. The van der Waals surface area contributed by atoms with Crippen molar-refractivity contribution in [1.29, 1.82) is 0 Å². The Morgan fingerprint density at radius 3 is 0.986 bits per heavy atom. The van der Waals surface area contributed by atoms with E-state index in [-0.39, 0.29) is 0 Å². The number of rotatable bonds is 14. The first-order valence-electron chi connectivity index (χ1n) is 24.5. The molecule has 342 valence electrons. The fourth-order valence-electron chi connectivity index (χ4n) is 9.75. The molecule has 0 bridgehead atoms. The standard InChI is InChI=1S/C67H54N4/c1-3-57(69(58-25-7-4-8-26-58)65-36-32-51-19-13-16-22-54(51)47-65)35-31-50(2)68(61-39-43-63(44-40-61)70(59-27-9-5-10-28-59)66-37-33-52-20-14-17-23-55(52)48-66)62-41-45-64(46-42-62)71(60-29-11-6-12-30-60)67-38-34-53-21-15-18-24-56(53)49-67/h4-49H,3H2,1-2H3/b50-31+,57-35+. The number of nitrogens with zero attached hydrogens (tertiary/aromatic N) is 4. The highest BCUT2D eigenvalue weighted by molar-refractivity contribution is 5.92. The SMILES string of the molecule is CC/C(=C\C=C(/C)N(c1ccc(N(c2ccccc2)c2ccc3ccccc3c2)cc1)c1ccc(N(c2ccccc2)c2ccc3ccccc3c2)cc1)N(c1ccccc1)c1ccc2ccccc2c1. The van der Waals surface area contributed by atoms with E-state index in [9.17, 15) is 0 Å². The van der Waals surface area contributed by atoms with Crippen LogP contribution in [-0.4, -0.2) is 0 Å². The van der Waals surface area contributed by atoms with Crippen LogP contribution in [0.2, 0.25) is 0 Å². The largest absolute Gasteiger partial charge is 0.315 e. The van der Waals surface area contributed by atoms with E-state index in [4.69, 9.17) is 0 Å². The molecule has 0 aliphatic rings. The summed E-state index contributed by atoms with van der Waals surface area (Å²) in [6.45, 7) is 4.45. The van der Waals surface area contributed by atoms with Crippen molar-refractivity contribution in [2.75, 3.05) is 19.6 Å². The van der Waals surface area contributed by atoms with Crippen LogP contribution in [0.25, 0.3) is 32.3 Å². The number of hydrogen-bond acceptors (Lipinski definition) is 4. The van der Waals surface area contributed by atoms with Crippen molar-refractivity contribution < 1.29 is 0 Å². The van der Waals surface area contributed by atoms with Crippen molar-refractivity contribution in [2.24, 2.45) is 0 Å². The van der Waals surface area contributed by atoms with E-state index < -0.39 is 0 Å². The summed E-state index contributed by atoms with van der Waals surface area (Å²) < 4.78 is 0. The molecule has 0 aliphatic carbocycles. The van der Waals surface area contributed by atoms with Crippen LogP contribution in [-0.2, 0) is 0 Å². The Bertz CT molecular complexity index is 3470. The molecule has 0 heterocycles. The Labute approximate surface area is 417 Å². The number of hydrogen-bond donors (Lipinski definition) is 0. The van der Waals surface area contributed by atoms with E-state index in [1.54, 1.807) is 0 Å². The Morgan fingerprint density at radius 2 is 0.577 bits per heavy atom. The van der Waals surface area contributed by atoms with Gasteiger partial charge in [-0.3, -0.25) is 0 Å². The fraction of sp³-hybridized carbons (Fsp3) is 0.0448. The van der Waals surface area contributed by atoms with Gasteiger partial charge in [-0.25, -0.2) is 0 Å². The van der Waals surface area contributed by atoms with Crippen molar-refractivity contribution >= 4 is 89.2 Å². The molecule has 11 aromatic rings. The molecule has 11 aromatic carbocycles. The summed E-state index contributed by atoms with van der Waals surface area (Å²) in [5.74, 6) is 0. The lowest BCUT2D eigenvalue weighted by Gasteiger charge is -2.30. The zero-order valence-electron chi connectivity index (χ0n) is 40.1. The van der Waals surface area contributed by atoms with Gasteiger partial charge in [0.15, 0.2) is 0 Å². The third kappa shape index (κ3) is 9.40. The lowest BCUT2D eigenvalue weighted by molar-refractivity contribution is 1.01. The Hall–Kier alpha value is -9.12. The maximum Gasteiger partial charge on any atom is 0.0468 e. The smallest absolute Gasteiger partial charge is 0.0468 e. The summed E-state index contributed by atoms with van der Waals surface area (Å²) in [5.41, 5.74) is 13.2. The topological polar surface area (TPSA) is 13.0 Å². The van der Waals surface area contributed by atoms with E-state index in [0.717, 1.165) is 69.0 Å². The average molecular weight is 915 g/mol. The quantitative estimate of drug-likeness (QED) is 0.101. The Morgan fingerprint density at radius 1 is 0.282 bits per heavy atom. The minimum atomic E-state index is 0.823. The molecule has 0 saturated carbocycles. The molecule has 0 spiro atoms. The molecule has 4 heteroatoms. The summed E-state index contributed by atoms with van der Waals surface area (Å²) >= 11 is 0. The van der Waals surface area contributed by atoms with Crippen LogP contribution < -0.4 is 19.6 Å². The third-order valence-corrected chi connectivity index (χ3v) is 13.3. The molecule has 0 fully saturated rings. The summed E-state index contributed by atoms with van der Waals surface area (Å²) in [5, 5.41) is 7.28. The third-order valence-electron chi connectivity index (χ3n) is 13.3. The molecule has 0 radical (unpaired) electrons. The molecule has 0 aliphatic heterocycles. The van der Waals surface area contributed by atoms with Gasteiger partial charge in [0.1, 0.15) is 0 Å². The molecule has 4 nitrogen and oxygen atoms in total. The number of fused-ring (bicyclic) bond motifs is 3. The predicted octanol–water partition coefficient (Wildman–Crippen LogP) is 19.3. The zero-order valence-corrected chi connectivity index (χ0v) is 40.1. The Balaban J connectivity index is 1.02. The molecule has 0 aromatic heterocycles. The number of benzene rings is 11. The molecule has 0 amide bonds. The average Bonchev–Trinajstić information content (AvgIpc) is 3.43. The first kappa shape index (κ1) is 44.4. The van der Waals surface area contributed by atoms with Crippen LogP contribution in [0.15, 0.2) is 290 Å². The number of allylic oxidation sites excluding steroid dienone is 4. The van der Waals surface area contributed by atoms with Crippen molar-refractivity contribution in [3.8, 4) is 0 Å². The van der Waals surface area contributed by atoms with Gasteiger partial charge in [0.25, 0.3) is 0 Å². The fourth-order valence-corrected chi connectivity index (χ4v) is 9.75. The van der Waals surface area contributed by atoms with Crippen LogP contribution in [0.3, 0.4) is 0 Å². The predicted molar refractivity (Wildman–Crippen MR) is 304 cm³/mol. The van der Waals surface area contributed by atoms with Crippen LogP contribution in [0, 0.1) is 0 Å². The lowest BCUT2D eigenvalue weighted by atomic mass is 10.1. The highest BCUT2D eigenvalue weighted by Crippen LogP contribution is 2.41. The van der Waals surface area contributed by atoms with Crippen molar-refractivity contribution in [2.45, 2.75) is 20.3 Å². The van der Waals surface area contributed by atoms with E-state index in [0.29, 0.717) is 0 Å². The van der Waals surface area contributed by atoms with Crippen LogP contribution in [0.4, 0.5) is 56.9 Å². The summed E-state index contributed by atoms with van der Waals surface area (Å²) in [6.07, 6.45) is 5.39. The molecular formula is C67H54N4. The molecule has 0 unspecified atom stereocenters. The van der Waals surface area contributed by atoms with Gasteiger partial charge in [-0.05, 0) is 179 Å². The highest BCUT2D eigenvalue weighted by atomic mass is 15.2. The van der Waals surface area contributed by atoms with Gasteiger partial charge < -0.3 is 19.6 Å². The van der Waals surface area contributed by atoms with Crippen LogP contribution in [0.1, 0.15) is 20.3 Å². The van der Waals surface area contributed by atoms with Gasteiger partial charge in [-0.1, -0.05) is 153 Å². The Kier molecular flexibility index (Phi) is 12.6. The van der Waals surface area contributed by atoms with Crippen molar-refractivity contribution in [3.63, 3.8) is 0 Å². The van der Waals surface area contributed by atoms with Gasteiger partial charge in [0.2, 0.25) is 0 Å². The molecular weight excluding hydrogens is 861 g/mol. The zero-order chi connectivity index (χ0) is 47.9. The normalized spacial score (nSPS) is 11.7. The van der Waals surface area contributed by atoms with E-state index in [1.165, 1.54) is 38.0 Å². The second-order valence-corrected chi connectivity index (χ2v) is 17.8. The van der Waals surface area contributed by atoms with E-state index in [2.05, 4.69) is 313 Å². The van der Waals surface area contributed by atoms with E-state index in [1.807, 2.05) is 0 Å². The van der Waals surface area contributed by atoms with Gasteiger partial charge in [-0.2, -0.15) is 0 Å². The summed E-state index contributed by atoms with van der Waals surface area (Å²) in [4.78, 5) is 9.43. The maximum absolute atomic E-state index is 2.39. The van der Waals surface area contributed by atoms with Crippen LogP contribution >= 0.6 is 0 Å². The first-order chi connectivity index (χ1) is 35.1. The number of para-hydroxylation sites is 3. The monoisotopic (exact) mass is 914 g/mol. The van der Waals surface area contributed by atoms with Crippen molar-refractivity contribution in [1.82, 2.24) is 0 Å². The second-order valence-electron chi connectivity index (χ2n) is 17.8. The highest BCUT2D eigenvalue weighted by Gasteiger charge is 2.19. The van der Waals surface area contributed by atoms with Gasteiger partial charge in [0, 0.05) is 68.3 Å². The van der Waals surface area contributed by atoms with Crippen molar-refractivity contribution in [3.05, 3.63) is 290 Å². The van der Waals surface area contributed by atoms with Gasteiger partial charge >= 0.3 is 0 Å². The molecule has 11 rings (SSSR count). The van der Waals surface area contributed by atoms with Crippen LogP contribution in [0.5, 0.6) is 0 Å². The second kappa shape index (κ2) is 20.2. The van der Waals surface area contributed by atoms with Gasteiger partial charge in [0.05, 0.1) is 0 Å².